The zero-order valence-electron chi connectivity index (χ0n) is 8.95. The molecule has 0 aromatic heterocycles. The van der Waals surface area contributed by atoms with E-state index in [1.807, 2.05) is 0 Å². The Bertz CT molecular complexity index is 127. The lowest BCUT2D eigenvalue weighted by atomic mass is 10.0. The first-order valence-corrected chi connectivity index (χ1v) is 5.16. The third-order valence-corrected chi connectivity index (χ3v) is 2.38. The lowest BCUT2D eigenvalue weighted by Crippen LogP contribution is -1.83. The molecule has 0 fully saturated rings. The first-order chi connectivity index (χ1) is 5.68. The Hall–Kier alpha value is -0.260. The Morgan fingerprint density at radius 1 is 1.00 bits per heavy atom. The van der Waals surface area contributed by atoms with Crippen LogP contribution >= 0.6 is 0 Å². The van der Waals surface area contributed by atoms with E-state index >= 15 is 0 Å². The van der Waals surface area contributed by atoms with Gasteiger partial charge in [-0.2, -0.15) is 0 Å². The van der Waals surface area contributed by atoms with E-state index in [-0.39, 0.29) is 0 Å². The molecule has 0 rings (SSSR count). The molecule has 0 aliphatic rings. The fourth-order valence-electron chi connectivity index (χ4n) is 1.21. The molecule has 0 heterocycles. The third kappa shape index (κ3) is 6.45. The molecule has 0 nitrogen and oxygen atoms in total. The van der Waals surface area contributed by atoms with E-state index in [4.69, 9.17) is 0 Å². The molecule has 0 aliphatic carbocycles. The highest BCUT2D eigenvalue weighted by Gasteiger charge is 1.93. The maximum absolute atomic E-state index is 3.93. The smallest absolute Gasteiger partial charge is 0.0283 e. The molecule has 0 bridgehead atoms. The van der Waals surface area contributed by atoms with E-state index in [0.717, 1.165) is 0 Å². The van der Waals surface area contributed by atoms with Crippen molar-refractivity contribution in [3.63, 3.8) is 0 Å². The van der Waals surface area contributed by atoms with Gasteiger partial charge in [0, 0.05) is 0 Å². The molecule has 71 valence electrons. The standard InChI is InChI=1S/C12H23/c1-5-6-7-8-9-10-12(4)11(2)3/h2,5-10H2,1,3-4H3/b12-11-. The molecule has 0 saturated carbocycles. The average Bonchev–Trinajstić information content (AvgIpc) is 2.03. The van der Waals surface area contributed by atoms with Crippen LogP contribution in [0.4, 0.5) is 0 Å². The van der Waals surface area contributed by atoms with Crippen molar-refractivity contribution in [3.05, 3.63) is 18.1 Å². The number of allylic oxidation sites excluding steroid dienone is 2. The van der Waals surface area contributed by atoms with E-state index in [1.54, 1.807) is 0 Å². The van der Waals surface area contributed by atoms with Crippen LogP contribution in [0.15, 0.2) is 11.1 Å². The van der Waals surface area contributed by atoms with Gasteiger partial charge in [0.05, 0.1) is 0 Å². The van der Waals surface area contributed by atoms with Crippen LogP contribution in [0.3, 0.4) is 0 Å². The highest BCUT2D eigenvalue weighted by Crippen LogP contribution is 2.13. The SMILES string of the molecule is [CH2]/C(C)=C(\C)CCCCCCC. The summed E-state index contributed by atoms with van der Waals surface area (Å²) in [4.78, 5) is 0. The molecule has 0 amide bonds. The number of hydrogen-bond acceptors (Lipinski definition) is 0. The van der Waals surface area contributed by atoms with Crippen molar-refractivity contribution in [1.29, 1.82) is 0 Å². The van der Waals surface area contributed by atoms with Gasteiger partial charge in [0.1, 0.15) is 0 Å². The summed E-state index contributed by atoms with van der Waals surface area (Å²) in [5.41, 5.74) is 2.73. The van der Waals surface area contributed by atoms with Gasteiger partial charge in [-0.1, -0.05) is 43.8 Å². The summed E-state index contributed by atoms with van der Waals surface area (Å²) in [6.07, 6.45) is 8.12. The van der Waals surface area contributed by atoms with E-state index < -0.39 is 0 Å². The van der Waals surface area contributed by atoms with Crippen molar-refractivity contribution < 1.29 is 0 Å². The van der Waals surface area contributed by atoms with E-state index in [0.29, 0.717) is 0 Å². The molecular weight excluding hydrogens is 144 g/mol. The van der Waals surface area contributed by atoms with Gasteiger partial charge in [0.2, 0.25) is 0 Å². The van der Waals surface area contributed by atoms with Crippen LogP contribution in [-0.2, 0) is 0 Å². The predicted octanol–water partition coefficient (Wildman–Crippen LogP) is 4.52. The Labute approximate surface area is 78.1 Å². The van der Waals surface area contributed by atoms with Crippen LogP contribution in [0.2, 0.25) is 0 Å². The second-order valence-electron chi connectivity index (χ2n) is 3.72. The molecule has 0 saturated heterocycles. The van der Waals surface area contributed by atoms with Gasteiger partial charge in [-0.05, 0) is 33.6 Å². The molecule has 0 aromatic carbocycles. The van der Waals surface area contributed by atoms with Gasteiger partial charge in [0.25, 0.3) is 0 Å². The van der Waals surface area contributed by atoms with Crippen LogP contribution in [0.1, 0.15) is 59.3 Å². The summed E-state index contributed by atoms with van der Waals surface area (Å²) in [5.74, 6) is 0. The summed E-state index contributed by atoms with van der Waals surface area (Å²) >= 11 is 0. The van der Waals surface area contributed by atoms with Crippen LogP contribution < -0.4 is 0 Å². The zero-order valence-corrected chi connectivity index (χ0v) is 8.95. The van der Waals surface area contributed by atoms with Crippen molar-refractivity contribution in [2.24, 2.45) is 0 Å². The second-order valence-corrected chi connectivity index (χ2v) is 3.72. The molecule has 0 aliphatic heterocycles. The van der Waals surface area contributed by atoms with Gasteiger partial charge in [-0.25, -0.2) is 0 Å². The molecule has 0 N–H and O–H groups in total. The quantitative estimate of drug-likeness (QED) is 0.510. The Kier molecular flexibility index (Phi) is 7.23. The number of rotatable bonds is 6. The summed E-state index contributed by atoms with van der Waals surface area (Å²) in [5, 5.41) is 0. The van der Waals surface area contributed by atoms with Gasteiger partial charge < -0.3 is 0 Å². The Morgan fingerprint density at radius 3 is 2.08 bits per heavy atom. The minimum atomic E-state index is 1.25. The van der Waals surface area contributed by atoms with Gasteiger partial charge in [0.15, 0.2) is 0 Å². The van der Waals surface area contributed by atoms with Crippen LogP contribution in [0, 0.1) is 6.92 Å². The minimum absolute atomic E-state index is 1.25. The number of unbranched alkanes of at least 4 members (excludes halogenated alkanes) is 4. The first-order valence-electron chi connectivity index (χ1n) is 5.16. The fourth-order valence-corrected chi connectivity index (χ4v) is 1.21. The summed E-state index contributed by atoms with van der Waals surface area (Å²) in [6, 6.07) is 0. The average molecular weight is 167 g/mol. The van der Waals surface area contributed by atoms with Crippen LogP contribution in [0.5, 0.6) is 0 Å². The van der Waals surface area contributed by atoms with Crippen molar-refractivity contribution in [2.45, 2.75) is 59.3 Å². The Balaban J connectivity index is 3.26. The Morgan fingerprint density at radius 2 is 1.58 bits per heavy atom. The second kappa shape index (κ2) is 7.39. The topological polar surface area (TPSA) is 0 Å². The normalized spacial score (nSPS) is 13.0. The van der Waals surface area contributed by atoms with Gasteiger partial charge >= 0.3 is 0 Å². The van der Waals surface area contributed by atoms with Crippen molar-refractivity contribution in [1.82, 2.24) is 0 Å². The highest BCUT2D eigenvalue weighted by atomic mass is 14.0. The molecule has 1 radical (unpaired) electrons. The van der Waals surface area contributed by atoms with Gasteiger partial charge in [-0.3, -0.25) is 0 Å². The van der Waals surface area contributed by atoms with E-state index in [1.165, 1.54) is 49.7 Å². The van der Waals surface area contributed by atoms with Crippen LogP contribution in [-0.4, -0.2) is 0 Å². The summed E-state index contributed by atoms with van der Waals surface area (Å²) in [6.45, 7) is 10.5. The minimum Gasteiger partial charge on any atom is -0.0744 e. The summed E-state index contributed by atoms with van der Waals surface area (Å²) < 4.78 is 0. The lowest BCUT2D eigenvalue weighted by Gasteiger charge is -2.03. The molecule has 0 spiro atoms. The molecule has 0 aromatic rings. The fraction of sp³-hybridized carbons (Fsp3) is 0.750. The molecule has 0 heteroatoms. The lowest BCUT2D eigenvalue weighted by molar-refractivity contribution is 0.629. The number of hydrogen-bond donors (Lipinski definition) is 0. The van der Waals surface area contributed by atoms with Crippen molar-refractivity contribution in [2.75, 3.05) is 0 Å². The molecule has 0 atom stereocenters. The predicted molar refractivity (Wildman–Crippen MR) is 57.1 cm³/mol. The highest BCUT2D eigenvalue weighted by molar-refractivity contribution is 5.11. The molecule has 12 heavy (non-hydrogen) atoms. The van der Waals surface area contributed by atoms with Crippen molar-refractivity contribution >= 4 is 0 Å². The first kappa shape index (κ1) is 11.7. The molecule has 0 unspecified atom stereocenters. The third-order valence-electron chi connectivity index (χ3n) is 2.38. The monoisotopic (exact) mass is 167 g/mol. The maximum Gasteiger partial charge on any atom is -0.0283 e. The van der Waals surface area contributed by atoms with Crippen molar-refractivity contribution in [3.8, 4) is 0 Å². The molecular formula is C12H23. The largest absolute Gasteiger partial charge is 0.0744 e. The van der Waals surface area contributed by atoms with Gasteiger partial charge in [-0.15, -0.1) is 0 Å². The zero-order chi connectivity index (χ0) is 9.40. The summed E-state index contributed by atoms with van der Waals surface area (Å²) in [7, 11) is 0. The van der Waals surface area contributed by atoms with E-state index in [2.05, 4.69) is 27.7 Å². The van der Waals surface area contributed by atoms with Crippen LogP contribution in [0.25, 0.3) is 0 Å². The maximum atomic E-state index is 3.93. The van der Waals surface area contributed by atoms with E-state index in [9.17, 15) is 0 Å².